The molecule has 3 heteroatoms. The molecule has 2 aromatic rings. The number of hydrogen-bond donors (Lipinski definition) is 1. The average Bonchev–Trinajstić information content (AvgIpc) is 2.57. The summed E-state index contributed by atoms with van der Waals surface area (Å²) in [5.41, 5.74) is 3.43. The minimum Gasteiger partial charge on any atom is -0.360 e. The van der Waals surface area contributed by atoms with Crippen LogP contribution in [0.5, 0.6) is 0 Å². The second-order valence-electron chi connectivity index (χ2n) is 6.00. The molecular formula is C19H23N2O+. The molecule has 0 amide bonds. The number of piperazine rings is 1. The Morgan fingerprint density at radius 2 is 1.64 bits per heavy atom. The number of benzene rings is 2. The van der Waals surface area contributed by atoms with E-state index in [9.17, 15) is 4.79 Å². The zero-order valence-corrected chi connectivity index (χ0v) is 13.1. The van der Waals surface area contributed by atoms with Crippen LogP contribution in [0, 0.1) is 0 Å². The molecule has 0 radical (unpaired) electrons. The topological polar surface area (TPSA) is 24.8 Å². The van der Waals surface area contributed by atoms with Crippen LogP contribution in [-0.4, -0.2) is 32.0 Å². The summed E-state index contributed by atoms with van der Waals surface area (Å²) in [7, 11) is 0. The van der Waals surface area contributed by atoms with E-state index in [0.717, 1.165) is 38.3 Å². The van der Waals surface area contributed by atoms with Gasteiger partial charge in [0.05, 0.1) is 26.2 Å². The Balaban J connectivity index is 1.56. The molecule has 0 unspecified atom stereocenters. The minimum absolute atomic E-state index is 0.128. The van der Waals surface area contributed by atoms with E-state index in [4.69, 9.17) is 0 Å². The second-order valence-corrected chi connectivity index (χ2v) is 6.00. The van der Waals surface area contributed by atoms with Crippen LogP contribution in [-0.2, 0) is 6.54 Å². The third kappa shape index (κ3) is 3.55. The molecule has 1 heterocycles. The average molecular weight is 295 g/mol. The number of Topliss-reactive ketones (excluding diaryl/α,β-unsaturated/α-hetero) is 1. The normalized spacial score (nSPS) is 15.8. The second kappa shape index (κ2) is 6.75. The quantitative estimate of drug-likeness (QED) is 0.870. The lowest BCUT2D eigenvalue weighted by Crippen LogP contribution is -3.13. The van der Waals surface area contributed by atoms with Crippen LogP contribution in [0.2, 0.25) is 0 Å². The van der Waals surface area contributed by atoms with E-state index in [0.29, 0.717) is 0 Å². The zero-order valence-electron chi connectivity index (χ0n) is 13.1. The molecule has 0 spiro atoms. The minimum atomic E-state index is 0.128. The van der Waals surface area contributed by atoms with Gasteiger partial charge in [-0.2, -0.15) is 0 Å². The molecule has 1 aliphatic heterocycles. The van der Waals surface area contributed by atoms with Crippen molar-refractivity contribution >= 4 is 11.5 Å². The summed E-state index contributed by atoms with van der Waals surface area (Å²) in [6.45, 7) is 7.18. The molecule has 22 heavy (non-hydrogen) atoms. The predicted molar refractivity (Wildman–Crippen MR) is 89.5 cm³/mol. The number of nitrogens with zero attached hydrogens (tertiary/aromatic N) is 1. The van der Waals surface area contributed by atoms with E-state index in [2.05, 4.69) is 47.4 Å². The number of nitrogens with one attached hydrogen (secondary N) is 1. The first-order valence-electron chi connectivity index (χ1n) is 7.96. The van der Waals surface area contributed by atoms with Crippen LogP contribution >= 0.6 is 0 Å². The van der Waals surface area contributed by atoms with Crippen LogP contribution < -0.4 is 9.80 Å². The lowest BCUT2D eigenvalue weighted by molar-refractivity contribution is -0.914. The third-order valence-corrected chi connectivity index (χ3v) is 4.41. The molecule has 3 rings (SSSR count). The number of carbonyl (C=O) groups excluding carboxylic acids is 1. The van der Waals surface area contributed by atoms with E-state index in [-0.39, 0.29) is 5.78 Å². The van der Waals surface area contributed by atoms with Crippen LogP contribution in [0.4, 0.5) is 5.69 Å². The Kier molecular flexibility index (Phi) is 4.54. The van der Waals surface area contributed by atoms with Crippen LogP contribution in [0.25, 0.3) is 0 Å². The number of carbonyl (C=O) groups is 1. The van der Waals surface area contributed by atoms with Gasteiger partial charge in [0.1, 0.15) is 6.54 Å². The van der Waals surface area contributed by atoms with Gasteiger partial charge < -0.3 is 9.80 Å². The smallest absolute Gasteiger partial charge is 0.159 e. The van der Waals surface area contributed by atoms with Gasteiger partial charge in [0.2, 0.25) is 0 Å². The fourth-order valence-electron chi connectivity index (χ4n) is 3.05. The fraction of sp³-hybridized carbons (Fsp3) is 0.316. The van der Waals surface area contributed by atoms with Gasteiger partial charge in [0.25, 0.3) is 0 Å². The van der Waals surface area contributed by atoms with E-state index >= 15 is 0 Å². The summed E-state index contributed by atoms with van der Waals surface area (Å²) in [4.78, 5) is 15.4. The molecule has 1 fully saturated rings. The summed E-state index contributed by atoms with van der Waals surface area (Å²) in [6.07, 6.45) is 0. The summed E-state index contributed by atoms with van der Waals surface area (Å²) < 4.78 is 0. The first-order chi connectivity index (χ1) is 10.7. The Hall–Kier alpha value is -2.13. The SMILES string of the molecule is CC(=O)c1ccc(N2CC[NH+](Cc3ccccc3)CC2)cc1. The van der Waals surface area contributed by atoms with Crippen molar-refractivity contribution in [2.24, 2.45) is 0 Å². The van der Waals surface area contributed by atoms with E-state index < -0.39 is 0 Å². The van der Waals surface area contributed by atoms with Crippen LogP contribution in [0.1, 0.15) is 22.8 Å². The van der Waals surface area contributed by atoms with E-state index in [1.54, 1.807) is 11.8 Å². The van der Waals surface area contributed by atoms with Crippen molar-refractivity contribution < 1.29 is 9.69 Å². The maximum atomic E-state index is 11.3. The molecule has 0 atom stereocenters. The fourth-order valence-corrected chi connectivity index (χ4v) is 3.05. The van der Waals surface area contributed by atoms with Crippen LogP contribution in [0.3, 0.4) is 0 Å². The van der Waals surface area contributed by atoms with Crippen LogP contribution in [0.15, 0.2) is 54.6 Å². The Morgan fingerprint density at radius 3 is 2.23 bits per heavy atom. The van der Waals surface area contributed by atoms with Gasteiger partial charge >= 0.3 is 0 Å². The van der Waals surface area contributed by atoms with Gasteiger partial charge in [-0.25, -0.2) is 0 Å². The molecule has 1 N–H and O–H groups in total. The Morgan fingerprint density at radius 1 is 1.00 bits per heavy atom. The van der Waals surface area contributed by atoms with Gasteiger partial charge in [0, 0.05) is 16.8 Å². The lowest BCUT2D eigenvalue weighted by Gasteiger charge is -2.33. The van der Waals surface area contributed by atoms with Gasteiger partial charge in [-0.1, -0.05) is 30.3 Å². The van der Waals surface area contributed by atoms with Gasteiger partial charge in [0.15, 0.2) is 5.78 Å². The summed E-state index contributed by atoms with van der Waals surface area (Å²) >= 11 is 0. The molecule has 0 aromatic heterocycles. The molecule has 0 bridgehead atoms. The summed E-state index contributed by atoms with van der Waals surface area (Å²) in [5, 5.41) is 0. The lowest BCUT2D eigenvalue weighted by atomic mass is 10.1. The van der Waals surface area contributed by atoms with Crippen molar-refractivity contribution in [2.45, 2.75) is 13.5 Å². The monoisotopic (exact) mass is 295 g/mol. The Bertz CT molecular complexity index is 614. The van der Waals surface area contributed by atoms with Crippen molar-refractivity contribution in [1.82, 2.24) is 0 Å². The van der Waals surface area contributed by atoms with Crippen molar-refractivity contribution in [1.29, 1.82) is 0 Å². The maximum absolute atomic E-state index is 11.3. The molecule has 114 valence electrons. The molecule has 1 saturated heterocycles. The van der Waals surface area contributed by atoms with Gasteiger partial charge in [-0.3, -0.25) is 4.79 Å². The van der Waals surface area contributed by atoms with Crippen molar-refractivity contribution in [3.05, 3.63) is 65.7 Å². The molecule has 2 aromatic carbocycles. The van der Waals surface area contributed by atoms with E-state index in [1.807, 2.05) is 12.1 Å². The first kappa shape index (κ1) is 14.8. The highest BCUT2D eigenvalue weighted by molar-refractivity contribution is 5.94. The number of rotatable bonds is 4. The highest BCUT2D eigenvalue weighted by Gasteiger charge is 2.20. The molecule has 0 saturated carbocycles. The zero-order chi connectivity index (χ0) is 15.4. The number of ketones is 1. The highest BCUT2D eigenvalue weighted by atomic mass is 16.1. The number of hydrogen-bond acceptors (Lipinski definition) is 2. The molecular weight excluding hydrogens is 272 g/mol. The van der Waals surface area contributed by atoms with E-state index in [1.165, 1.54) is 11.3 Å². The molecule has 0 aliphatic carbocycles. The van der Waals surface area contributed by atoms with Crippen molar-refractivity contribution in [3.8, 4) is 0 Å². The standard InChI is InChI=1S/C19H22N2O/c1-16(22)18-7-9-19(10-8-18)21-13-11-20(12-14-21)15-17-5-3-2-4-6-17/h2-10H,11-15H2,1H3/p+1. The summed E-state index contributed by atoms with van der Waals surface area (Å²) in [6, 6.07) is 18.7. The third-order valence-electron chi connectivity index (χ3n) is 4.41. The Labute approximate surface area is 132 Å². The van der Waals surface area contributed by atoms with Gasteiger partial charge in [-0.05, 0) is 31.2 Å². The molecule has 1 aliphatic rings. The van der Waals surface area contributed by atoms with Crippen molar-refractivity contribution in [2.75, 3.05) is 31.1 Å². The maximum Gasteiger partial charge on any atom is 0.159 e. The number of anilines is 1. The van der Waals surface area contributed by atoms with Gasteiger partial charge in [-0.15, -0.1) is 0 Å². The predicted octanol–water partition coefficient (Wildman–Crippen LogP) is 1.79. The summed E-state index contributed by atoms with van der Waals surface area (Å²) in [5.74, 6) is 0.128. The molecule has 3 nitrogen and oxygen atoms in total. The number of quaternary nitrogens is 1. The first-order valence-corrected chi connectivity index (χ1v) is 7.96. The highest BCUT2D eigenvalue weighted by Crippen LogP contribution is 2.15. The largest absolute Gasteiger partial charge is 0.360 e. The van der Waals surface area contributed by atoms with Crippen molar-refractivity contribution in [3.63, 3.8) is 0 Å².